The van der Waals surface area contributed by atoms with Gasteiger partial charge in [0.2, 0.25) is 0 Å². The lowest BCUT2D eigenvalue weighted by molar-refractivity contribution is 0.648. The molecule has 7 rings (SSSR count). The van der Waals surface area contributed by atoms with Crippen molar-refractivity contribution < 1.29 is 4.42 Å². The van der Waals surface area contributed by atoms with Crippen LogP contribution in [0.5, 0.6) is 0 Å². The molecule has 0 saturated heterocycles. The molecule has 0 aliphatic heterocycles. The molecule has 0 aliphatic carbocycles. The SMILES string of the molecule is CC(C)Cc1ccc2c(ccc3c4cc5oc6cc7ccccc7cc6c5cc4[nH]c23)c1. The first-order valence-corrected chi connectivity index (χ1v) is 11.4. The first-order valence-electron chi connectivity index (χ1n) is 11.4. The molecule has 0 unspecified atom stereocenters. The van der Waals surface area contributed by atoms with Crippen LogP contribution in [0.25, 0.3) is 65.3 Å². The summed E-state index contributed by atoms with van der Waals surface area (Å²) >= 11 is 0. The Morgan fingerprint density at radius 2 is 1.41 bits per heavy atom. The van der Waals surface area contributed by atoms with Gasteiger partial charge in [-0.05, 0) is 58.3 Å². The van der Waals surface area contributed by atoms with Crippen molar-refractivity contribution in [2.75, 3.05) is 0 Å². The molecule has 0 atom stereocenters. The predicted octanol–water partition coefficient (Wildman–Crippen LogP) is 8.73. The van der Waals surface area contributed by atoms with Crippen molar-refractivity contribution in [2.24, 2.45) is 5.92 Å². The molecule has 0 spiro atoms. The first kappa shape index (κ1) is 17.9. The molecule has 0 amide bonds. The lowest BCUT2D eigenvalue weighted by Gasteiger charge is -2.07. The van der Waals surface area contributed by atoms with Gasteiger partial charge in [0.15, 0.2) is 0 Å². The number of hydrogen-bond donors (Lipinski definition) is 1. The molecule has 154 valence electrons. The van der Waals surface area contributed by atoms with E-state index in [9.17, 15) is 0 Å². The monoisotopic (exact) mass is 413 g/mol. The van der Waals surface area contributed by atoms with E-state index in [0.29, 0.717) is 5.92 Å². The van der Waals surface area contributed by atoms with Gasteiger partial charge in [-0.15, -0.1) is 0 Å². The maximum Gasteiger partial charge on any atom is 0.136 e. The smallest absolute Gasteiger partial charge is 0.136 e. The van der Waals surface area contributed by atoms with Crippen LogP contribution in [0.1, 0.15) is 19.4 Å². The first-order chi connectivity index (χ1) is 15.6. The van der Waals surface area contributed by atoms with E-state index in [0.717, 1.165) is 28.5 Å². The second-order valence-corrected chi connectivity index (χ2v) is 9.46. The van der Waals surface area contributed by atoms with Gasteiger partial charge in [0, 0.05) is 32.4 Å². The molecule has 2 heterocycles. The largest absolute Gasteiger partial charge is 0.456 e. The maximum atomic E-state index is 6.31. The van der Waals surface area contributed by atoms with Crippen LogP contribution >= 0.6 is 0 Å². The summed E-state index contributed by atoms with van der Waals surface area (Å²) in [6.07, 6.45) is 1.11. The third-order valence-corrected chi connectivity index (χ3v) is 6.76. The maximum absolute atomic E-state index is 6.31. The summed E-state index contributed by atoms with van der Waals surface area (Å²) in [7, 11) is 0. The van der Waals surface area contributed by atoms with Crippen LogP contribution < -0.4 is 0 Å². The van der Waals surface area contributed by atoms with Gasteiger partial charge >= 0.3 is 0 Å². The molecule has 5 aromatic carbocycles. The van der Waals surface area contributed by atoms with Gasteiger partial charge in [-0.3, -0.25) is 0 Å². The van der Waals surface area contributed by atoms with E-state index in [4.69, 9.17) is 4.42 Å². The second kappa shape index (κ2) is 6.37. The zero-order valence-corrected chi connectivity index (χ0v) is 18.2. The predicted molar refractivity (Wildman–Crippen MR) is 137 cm³/mol. The molecule has 0 saturated carbocycles. The molecular formula is C30H23NO. The van der Waals surface area contributed by atoms with E-state index in [1.54, 1.807) is 0 Å². The van der Waals surface area contributed by atoms with E-state index >= 15 is 0 Å². The Kier molecular flexibility index (Phi) is 3.55. The van der Waals surface area contributed by atoms with Gasteiger partial charge in [-0.25, -0.2) is 0 Å². The van der Waals surface area contributed by atoms with Gasteiger partial charge in [0.05, 0.1) is 5.52 Å². The fourth-order valence-electron chi connectivity index (χ4n) is 5.31. The summed E-state index contributed by atoms with van der Waals surface area (Å²) in [5.41, 5.74) is 5.65. The second-order valence-electron chi connectivity index (χ2n) is 9.46. The van der Waals surface area contributed by atoms with E-state index in [1.165, 1.54) is 48.8 Å². The lowest BCUT2D eigenvalue weighted by atomic mass is 9.98. The van der Waals surface area contributed by atoms with Gasteiger partial charge in [-0.2, -0.15) is 0 Å². The summed E-state index contributed by atoms with van der Waals surface area (Å²) in [4.78, 5) is 3.72. The zero-order chi connectivity index (χ0) is 21.4. The fourth-order valence-corrected chi connectivity index (χ4v) is 5.31. The van der Waals surface area contributed by atoms with Crippen molar-refractivity contribution in [1.29, 1.82) is 0 Å². The number of furan rings is 1. The van der Waals surface area contributed by atoms with E-state index in [1.807, 2.05) is 0 Å². The van der Waals surface area contributed by atoms with Gasteiger partial charge in [0.25, 0.3) is 0 Å². The molecule has 32 heavy (non-hydrogen) atoms. The lowest BCUT2D eigenvalue weighted by Crippen LogP contribution is -1.93. The number of fused-ring (bicyclic) bond motifs is 9. The van der Waals surface area contributed by atoms with E-state index in [2.05, 4.69) is 97.7 Å². The summed E-state index contributed by atoms with van der Waals surface area (Å²) in [6.45, 7) is 4.54. The van der Waals surface area contributed by atoms with Crippen LogP contribution in [0.4, 0.5) is 0 Å². The third-order valence-electron chi connectivity index (χ3n) is 6.76. The van der Waals surface area contributed by atoms with Crippen molar-refractivity contribution >= 4 is 65.3 Å². The Balaban J connectivity index is 1.50. The molecular weight excluding hydrogens is 390 g/mol. The number of hydrogen-bond acceptors (Lipinski definition) is 1. The van der Waals surface area contributed by atoms with E-state index in [-0.39, 0.29) is 0 Å². The van der Waals surface area contributed by atoms with Crippen LogP contribution in [-0.4, -0.2) is 4.98 Å². The Labute approximate surface area is 185 Å². The highest BCUT2D eigenvalue weighted by Gasteiger charge is 2.14. The van der Waals surface area contributed by atoms with E-state index < -0.39 is 0 Å². The van der Waals surface area contributed by atoms with Gasteiger partial charge < -0.3 is 9.40 Å². The third kappa shape index (κ3) is 2.53. The molecule has 2 nitrogen and oxygen atoms in total. The number of aromatic amines is 1. The minimum absolute atomic E-state index is 0.659. The van der Waals surface area contributed by atoms with Crippen LogP contribution in [0, 0.1) is 5.92 Å². The van der Waals surface area contributed by atoms with Crippen LogP contribution in [0.15, 0.2) is 83.3 Å². The minimum atomic E-state index is 0.659. The Morgan fingerprint density at radius 1 is 0.656 bits per heavy atom. The topological polar surface area (TPSA) is 28.9 Å². The average molecular weight is 414 g/mol. The zero-order valence-electron chi connectivity index (χ0n) is 18.2. The average Bonchev–Trinajstić information content (AvgIpc) is 3.32. The molecule has 2 heteroatoms. The van der Waals surface area contributed by atoms with Crippen molar-refractivity contribution in [1.82, 2.24) is 4.98 Å². The molecule has 0 aliphatic rings. The van der Waals surface area contributed by atoms with Crippen molar-refractivity contribution in [3.05, 3.63) is 84.4 Å². The molecule has 0 radical (unpaired) electrons. The number of rotatable bonds is 2. The highest BCUT2D eigenvalue weighted by atomic mass is 16.3. The quantitative estimate of drug-likeness (QED) is 0.302. The Hall–Kier alpha value is -3.78. The van der Waals surface area contributed by atoms with Crippen LogP contribution in [0.2, 0.25) is 0 Å². The van der Waals surface area contributed by atoms with Crippen molar-refractivity contribution in [3.8, 4) is 0 Å². The highest BCUT2D eigenvalue weighted by molar-refractivity contribution is 6.21. The Morgan fingerprint density at radius 3 is 2.25 bits per heavy atom. The van der Waals surface area contributed by atoms with Crippen LogP contribution in [-0.2, 0) is 6.42 Å². The molecule has 2 aromatic heterocycles. The van der Waals surface area contributed by atoms with Gasteiger partial charge in [0.1, 0.15) is 11.2 Å². The van der Waals surface area contributed by atoms with Crippen LogP contribution in [0.3, 0.4) is 0 Å². The summed E-state index contributed by atoms with van der Waals surface area (Å²) in [6, 6.07) is 28.7. The van der Waals surface area contributed by atoms with Gasteiger partial charge in [-0.1, -0.05) is 68.4 Å². The number of benzene rings is 5. The summed E-state index contributed by atoms with van der Waals surface area (Å²) in [5, 5.41) is 9.80. The molecule has 0 fully saturated rings. The number of nitrogens with one attached hydrogen (secondary N) is 1. The standard InChI is InChI=1S/C30H23NO/c1-17(2)11-18-7-9-22-21(12-18)8-10-23-24-16-29-26(15-27(24)31-30(22)23)25-13-19-5-3-4-6-20(19)14-28(25)32-29/h3-10,12-17,31H,11H2,1-2H3. The minimum Gasteiger partial charge on any atom is -0.456 e. The summed E-state index contributed by atoms with van der Waals surface area (Å²) < 4.78 is 6.31. The fraction of sp³-hybridized carbons (Fsp3) is 0.133. The molecule has 7 aromatic rings. The highest BCUT2D eigenvalue weighted by Crippen LogP contribution is 2.38. The number of H-pyrrole nitrogens is 1. The summed E-state index contributed by atoms with van der Waals surface area (Å²) in [5.74, 6) is 0.659. The number of aromatic nitrogens is 1. The molecule has 1 N–H and O–H groups in total. The molecule has 0 bridgehead atoms. The Bertz CT molecular complexity index is 1830. The van der Waals surface area contributed by atoms with Crippen molar-refractivity contribution in [2.45, 2.75) is 20.3 Å². The van der Waals surface area contributed by atoms with Crippen molar-refractivity contribution in [3.63, 3.8) is 0 Å². The normalized spacial score (nSPS) is 12.5.